The van der Waals surface area contributed by atoms with Gasteiger partial charge in [-0.15, -0.1) is 0 Å². The molecule has 0 aliphatic carbocycles. The number of hydrogen-bond donors (Lipinski definition) is 1. The van der Waals surface area contributed by atoms with Gasteiger partial charge in [0, 0.05) is 5.56 Å². The Labute approximate surface area is 122 Å². The topological polar surface area (TPSA) is 66.4 Å². The molecule has 1 aromatic rings. The van der Waals surface area contributed by atoms with Crippen LogP contribution in [0.25, 0.3) is 0 Å². The molecule has 0 saturated carbocycles. The maximum absolute atomic E-state index is 10.5. The van der Waals surface area contributed by atoms with Crippen molar-refractivity contribution in [3.05, 3.63) is 35.9 Å². The number of hydrogen-bond acceptors (Lipinski definition) is 6. The largest absolute Gasteiger partial charge is 0.387 e. The summed E-state index contributed by atoms with van der Waals surface area (Å²) in [7, 11) is 0. The van der Waals surface area contributed by atoms with E-state index >= 15 is 0 Å². The Morgan fingerprint density at radius 1 is 1.00 bits per heavy atom. The Bertz CT molecular complexity index is 494. The van der Waals surface area contributed by atoms with Gasteiger partial charge in [0.2, 0.25) is 0 Å². The lowest BCUT2D eigenvalue weighted by atomic mass is 9.98. The lowest BCUT2D eigenvalue weighted by Crippen LogP contribution is -2.61. The number of aliphatic hydroxyl groups is 1. The molecule has 3 heterocycles. The predicted octanol–water partition coefficient (Wildman–Crippen LogP) is 0.948. The second-order valence-electron chi connectivity index (χ2n) is 5.51. The van der Waals surface area contributed by atoms with Crippen LogP contribution in [0.15, 0.2) is 30.3 Å². The summed E-state index contributed by atoms with van der Waals surface area (Å²) in [6.07, 6.45) is -3.63. The summed E-state index contributed by atoms with van der Waals surface area (Å²) < 4.78 is 28.5. The fourth-order valence-electron chi connectivity index (χ4n) is 3.01. The minimum atomic E-state index is -0.797. The fraction of sp³-hybridized carbons (Fsp3) is 0.600. The standard InChI is InChI=1S/C15H18O6/c1-8-17-7-10-12(18-8)11(16)13-15(19-10)21-14(20-13)9-5-3-2-4-6-9/h2-6,8,10-16H,7H2,1H3/t8?,10-,11+,12-,13-,14?,15-/m1/s1. The van der Waals surface area contributed by atoms with Crippen molar-refractivity contribution in [3.63, 3.8) is 0 Å². The van der Waals surface area contributed by atoms with Gasteiger partial charge in [-0.1, -0.05) is 30.3 Å². The van der Waals surface area contributed by atoms with E-state index in [0.717, 1.165) is 5.56 Å². The predicted molar refractivity (Wildman–Crippen MR) is 70.1 cm³/mol. The van der Waals surface area contributed by atoms with Gasteiger partial charge in [0.05, 0.1) is 6.61 Å². The van der Waals surface area contributed by atoms with Crippen molar-refractivity contribution in [2.75, 3.05) is 6.61 Å². The van der Waals surface area contributed by atoms with Gasteiger partial charge in [-0.3, -0.25) is 0 Å². The molecule has 7 atom stereocenters. The molecule has 6 nitrogen and oxygen atoms in total. The summed E-state index contributed by atoms with van der Waals surface area (Å²) in [5.41, 5.74) is 0.899. The van der Waals surface area contributed by atoms with Crippen LogP contribution in [0.5, 0.6) is 0 Å². The van der Waals surface area contributed by atoms with Gasteiger partial charge < -0.3 is 28.8 Å². The molecule has 1 aromatic carbocycles. The third kappa shape index (κ3) is 2.38. The van der Waals surface area contributed by atoms with Crippen LogP contribution >= 0.6 is 0 Å². The van der Waals surface area contributed by atoms with E-state index in [2.05, 4.69) is 0 Å². The van der Waals surface area contributed by atoms with Crippen LogP contribution in [0.1, 0.15) is 18.8 Å². The Balaban J connectivity index is 1.53. The molecule has 3 saturated heterocycles. The third-order valence-electron chi connectivity index (χ3n) is 4.07. The maximum atomic E-state index is 10.5. The normalized spacial score (nSPS) is 45.9. The average molecular weight is 294 g/mol. The molecule has 6 heteroatoms. The first-order valence-electron chi connectivity index (χ1n) is 7.19. The lowest BCUT2D eigenvalue weighted by molar-refractivity contribution is -0.331. The molecule has 3 fully saturated rings. The van der Waals surface area contributed by atoms with Crippen molar-refractivity contribution < 1.29 is 28.8 Å². The van der Waals surface area contributed by atoms with Gasteiger partial charge in [-0.2, -0.15) is 0 Å². The van der Waals surface area contributed by atoms with E-state index in [0.29, 0.717) is 6.61 Å². The quantitative estimate of drug-likeness (QED) is 0.832. The highest BCUT2D eigenvalue weighted by Crippen LogP contribution is 2.39. The number of fused-ring (bicyclic) bond motifs is 2. The van der Waals surface area contributed by atoms with Crippen molar-refractivity contribution in [1.29, 1.82) is 0 Å². The summed E-state index contributed by atoms with van der Waals surface area (Å²) in [4.78, 5) is 0. The zero-order valence-corrected chi connectivity index (χ0v) is 11.6. The highest BCUT2D eigenvalue weighted by Gasteiger charge is 2.54. The number of rotatable bonds is 1. The monoisotopic (exact) mass is 294 g/mol. The first-order chi connectivity index (χ1) is 10.2. The number of ether oxygens (including phenoxy) is 5. The molecule has 114 valence electrons. The van der Waals surface area contributed by atoms with Gasteiger partial charge in [-0.05, 0) is 6.92 Å². The van der Waals surface area contributed by atoms with Crippen LogP contribution in [0.4, 0.5) is 0 Å². The van der Waals surface area contributed by atoms with Crippen LogP contribution in [-0.2, 0) is 23.7 Å². The summed E-state index contributed by atoms with van der Waals surface area (Å²) in [5, 5.41) is 10.5. The minimum absolute atomic E-state index is 0.337. The smallest absolute Gasteiger partial charge is 0.190 e. The van der Waals surface area contributed by atoms with Crippen molar-refractivity contribution in [1.82, 2.24) is 0 Å². The van der Waals surface area contributed by atoms with Crippen molar-refractivity contribution in [3.8, 4) is 0 Å². The average Bonchev–Trinajstić information content (AvgIpc) is 2.94. The molecule has 3 aliphatic heterocycles. The van der Waals surface area contributed by atoms with E-state index in [9.17, 15) is 5.11 Å². The van der Waals surface area contributed by atoms with Gasteiger partial charge in [-0.25, -0.2) is 0 Å². The van der Waals surface area contributed by atoms with Crippen LogP contribution in [0.2, 0.25) is 0 Å². The van der Waals surface area contributed by atoms with Gasteiger partial charge in [0.25, 0.3) is 0 Å². The Hall–Kier alpha value is -1.02. The molecule has 0 radical (unpaired) electrons. The molecule has 3 aliphatic rings. The fourth-order valence-corrected chi connectivity index (χ4v) is 3.01. The van der Waals surface area contributed by atoms with Gasteiger partial charge in [0.1, 0.15) is 24.4 Å². The second kappa shape index (κ2) is 5.31. The zero-order valence-electron chi connectivity index (χ0n) is 11.6. The molecule has 0 amide bonds. The number of aliphatic hydroxyl groups excluding tert-OH is 1. The molecule has 0 aromatic heterocycles. The molecule has 2 unspecified atom stereocenters. The molecule has 1 N–H and O–H groups in total. The van der Waals surface area contributed by atoms with Crippen molar-refractivity contribution >= 4 is 0 Å². The van der Waals surface area contributed by atoms with Crippen LogP contribution in [0.3, 0.4) is 0 Å². The molecule has 21 heavy (non-hydrogen) atoms. The summed E-state index contributed by atoms with van der Waals surface area (Å²) in [6, 6.07) is 9.60. The molecular formula is C15H18O6. The van der Waals surface area contributed by atoms with E-state index in [1.807, 2.05) is 30.3 Å². The van der Waals surface area contributed by atoms with Crippen LogP contribution in [0, 0.1) is 0 Å². The SMILES string of the molecule is CC1OC[C@H]2O[C@@H]3OC(c4ccccc4)O[C@@H]3[C@@H](O)[C@@H]2O1. The first kappa shape index (κ1) is 13.6. The van der Waals surface area contributed by atoms with E-state index in [1.165, 1.54) is 0 Å². The highest BCUT2D eigenvalue weighted by molar-refractivity contribution is 5.17. The van der Waals surface area contributed by atoms with E-state index in [1.54, 1.807) is 6.92 Å². The highest BCUT2D eigenvalue weighted by atomic mass is 16.8. The first-order valence-corrected chi connectivity index (χ1v) is 7.19. The van der Waals surface area contributed by atoms with Crippen LogP contribution < -0.4 is 0 Å². The van der Waals surface area contributed by atoms with E-state index in [4.69, 9.17) is 23.7 Å². The molecule has 0 spiro atoms. The lowest BCUT2D eigenvalue weighted by Gasteiger charge is -2.44. The number of benzene rings is 1. The van der Waals surface area contributed by atoms with Gasteiger partial charge in [0.15, 0.2) is 18.9 Å². The maximum Gasteiger partial charge on any atom is 0.190 e. The van der Waals surface area contributed by atoms with Gasteiger partial charge >= 0.3 is 0 Å². The van der Waals surface area contributed by atoms with E-state index < -0.39 is 30.9 Å². The summed E-state index contributed by atoms with van der Waals surface area (Å²) in [5.74, 6) is 0. The Kier molecular flexibility index (Phi) is 3.45. The summed E-state index contributed by atoms with van der Waals surface area (Å²) >= 11 is 0. The minimum Gasteiger partial charge on any atom is -0.387 e. The summed E-state index contributed by atoms with van der Waals surface area (Å²) in [6.45, 7) is 2.18. The second-order valence-corrected chi connectivity index (χ2v) is 5.51. The zero-order chi connectivity index (χ0) is 14.4. The van der Waals surface area contributed by atoms with E-state index in [-0.39, 0.29) is 12.4 Å². The third-order valence-corrected chi connectivity index (χ3v) is 4.07. The Morgan fingerprint density at radius 2 is 1.81 bits per heavy atom. The molecule has 0 bridgehead atoms. The van der Waals surface area contributed by atoms with Crippen molar-refractivity contribution in [2.24, 2.45) is 0 Å². The molecule has 4 rings (SSSR count). The van der Waals surface area contributed by atoms with Crippen molar-refractivity contribution in [2.45, 2.75) is 50.2 Å². The van der Waals surface area contributed by atoms with Crippen LogP contribution in [-0.4, -0.2) is 48.7 Å². The molecular weight excluding hydrogens is 276 g/mol. The Morgan fingerprint density at radius 3 is 2.62 bits per heavy atom.